The summed E-state index contributed by atoms with van der Waals surface area (Å²) >= 11 is 1.55. The molecule has 0 fully saturated rings. The molecule has 1 aromatic carbocycles. The van der Waals surface area contributed by atoms with Gasteiger partial charge in [-0.25, -0.2) is 9.78 Å². The third kappa shape index (κ3) is 3.99. The Morgan fingerprint density at radius 2 is 1.96 bits per heavy atom. The molecular weight excluding hydrogens is 334 g/mol. The first-order chi connectivity index (χ1) is 11.9. The predicted molar refractivity (Wildman–Crippen MR) is 98.9 cm³/mol. The fraction of sp³-hybridized carbons (Fsp3) is 0.300. The van der Waals surface area contributed by atoms with Gasteiger partial charge in [0.15, 0.2) is 0 Å². The number of hydrogen-bond donors (Lipinski definition) is 0. The Balaban J connectivity index is 1.65. The van der Waals surface area contributed by atoms with Crippen molar-refractivity contribution in [3.8, 4) is 10.6 Å². The van der Waals surface area contributed by atoms with E-state index in [0.717, 1.165) is 16.3 Å². The molecule has 0 aliphatic heterocycles. The summed E-state index contributed by atoms with van der Waals surface area (Å²) in [6, 6.07) is 10.1. The smallest absolute Gasteiger partial charge is 0.342 e. The fourth-order valence-electron chi connectivity index (χ4n) is 2.57. The Morgan fingerprint density at radius 3 is 2.56 bits per heavy atom. The van der Waals surface area contributed by atoms with Crippen LogP contribution in [0.3, 0.4) is 0 Å². The molecule has 0 atom stereocenters. The number of aromatic nitrogens is 1. The molecule has 2 heterocycles. The van der Waals surface area contributed by atoms with E-state index in [1.54, 1.807) is 31.3 Å². The van der Waals surface area contributed by atoms with Crippen LogP contribution in [0, 0.1) is 13.8 Å². The summed E-state index contributed by atoms with van der Waals surface area (Å²) in [5, 5.41) is 2.85. The van der Waals surface area contributed by atoms with Gasteiger partial charge in [-0.2, -0.15) is 0 Å². The second-order valence-corrected chi connectivity index (χ2v) is 7.18. The number of furan rings is 1. The first-order valence-electron chi connectivity index (χ1n) is 8.23. The maximum atomic E-state index is 12.1. The van der Waals surface area contributed by atoms with Crippen molar-refractivity contribution in [3.05, 3.63) is 64.1 Å². The molecule has 3 rings (SSSR count). The van der Waals surface area contributed by atoms with E-state index in [2.05, 4.69) is 43.1 Å². The topological polar surface area (TPSA) is 52.3 Å². The van der Waals surface area contributed by atoms with Gasteiger partial charge in [0, 0.05) is 10.9 Å². The van der Waals surface area contributed by atoms with Crippen LogP contribution in [0.5, 0.6) is 0 Å². The van der Waals surface area contributed by atoms with Crippen LogP contribution in [-0.4, -0.2) is 11.0 Å². The molecule has 5 heteroatoms. The zero-order valence-electron chi connectivity index (χ0n) is 14.8. The highest BCUT2D eigenvalue weighted by molar-refractivity contribution is 7.13. The summed E-state index contributed by atoms with van der Waals surface area (Å²) in [5.41, 5.74) is 3.60. The highest BCUT2D eigenvalue weighted by atomic mass is 32.1. The molecular formula is C20H21NO3S. The molecule has 0 saturated heterocycles. The number of carbonyl (C=O) groups is 1. The van der Waals surface area contributed by atoms with Gasteiger partial charge in [-0.15, -0.1) is 11.3 Å². The second-order valence-electron chi connectivity index (χ2n) is 6.32. The summed E-state index contributed by atoms with van der Waals surface area (Å²) in [6.07, 6.45) is 0. The van der Waals surface area contributed by atoms with Crippen LogP contribution in [-0.2, 0) is 11.3 Å². The van der Waals surface area contributed by atoms with E-state index in [0.29, 0.717) is 23.0 Å². The number of benzene rings is 1. The number of carbonyl (C=O) groups excluding carboxylic acids is 1. The lowest BCUT2D eigenvalue weighted by molar-refractivity contribution is 0.0466. The molecule has 0 unspecified atom stereocenters. The number of ether oxygens (including phenoxy) is 1. The van der Waals surface area contributed by atoms with Crippen LogP contribution >= 0.6 is 11.3 Å². The first kappa shape index (κ1) is 17.4. The maximum Gasteiger partial charge on any atom is 0.342 e. The fourth-order valence-corrected chi connectivity index (χ4v) is 3.38. The van der Waals surface area contributed by atoms with Crippen molar-refractivity contribution < 1.29 is 13.9 Å². The van der Waals surface area contributed by atoms with Crippen LogP contribution < -0.4 is 0 Å². The van der Waals surface area contributed by atoms with E-state index < -0.39 is 0 Å². The van der Waals surface area contributed by atoms with Crippen LogP contribution in [0.4, 0.5) is 0 Å². The lowest BCUT2D eigenvalue weighted by atomic mass is 10.0. The average Bonchev–Trinajstić information content (AvgIpc) is 3.19. The van der Waals surface area contributed by atoms with Crippen LogP contribution in [0.2, 0.25) is 0 Å². The number of aryl methyl sites for hydroxylation is 2. The van der Waals surface area contributed by atoms with Crippen molar-refractivity contribution in [1.29, 1.82) is 0 Å². The number of thiazole rings is 1. The van der Waals surface area contributed by atoms with E-state index >= 15 is 0 Å². The van der Waals surface area contributed by atoms with Gasteiger partial charge < -0.3 is 9.15 Å². The largest absolute Gasteiger partial charge is 0.466 e. The summed E-state index contributed by atoms with van der Waals surface area (Å²) in [7, 11) is 0. The molecule has 0 spiro atoms. The molecule has 25 heavy (non-hydrogen) atoms. The molecule has 0 radical (unpaired) electrons. The quantitative estimate of drug-likeness (QED) is 0.567. The highest BCUT2D eigenvalue weighted by Gasteiger charge is 2.16. The zero-order valence-corrected chi connectivity index (χ0v) is 15.6. The monoisotopic (exact) mass is 355 g/mol. The molecule has 0 aliphatic carbocycles. The Kier molecular flexibility index (Phi) is 5.04. The molecule has 0 saturated carbocycles. The van der Waals surface area contributed by atoms with E-state index in [1.807, 2.05) is 5.38 Å². The van der Waals surface area contributed by atoms with Crippen molar-refractivity contribution in [2.75, 3.05) is 0 Å². The molecule has 0 aliphatic rings. The maximum absolute atomic E-state index is 12.1. The van der Waals surface area contributed by atoms with Gasteiger partial charge in [0.05, 0.1) is 5.69 Å². The van der Waals surface area contributed by atoms with Crippen molar-refractivity contribution in [2.45, 2.75) is 40.2 Å². The third-order valence-electron chi connectivity index (χ3n) is 3.99. The zero-order chi connectivity index (χ0) is 18.0. The van der Waals surface area contributed by atoms with Gasteiger partial charge >= 0.3 is 5.97 Å². The Hall–Kier alpha value is -2.40. The van der Waals surface area contributed by atoms with E-state index in [9.17, 15) is 4.79 Å². The lowest BCUT2D eigenvalue weighted by Crippen LogP contribution is -2.05. The minimum Gasteiger partial charge on any atom is -0.466 e. The third-order valence-corrected chi connectivity index (χ3v) is 4.93. The van der Waals surface area contributed by atoms with Crippen LogP contribution in [0.15, 0.2) is 40.1 Å². The molecule has 4 nitrogen and oxygen atoms in total. The second kappa shape index (κ2) is 7.23. The average molecular weight is 355 g/mol. The molecule has 3 aromatic rings. The van der Waals surface area contributed by atoms with Gasteiger partial charge in [-0.05, 0) is 31.4 Å². The first-order valence-corrected chi connectivity index (χ1v) is 9.11. The molecule has 0 N–H and O–H groups in total. The predicted octanol–water partition coefficient (Wildman–Crippen LogP) is 5.50. The van der Waals surface area contributed by atoms with Gasteiger partial charge in [-0.1, -0.05) is 38.1 Å². The summed E-state index contributed by atoms with van der Waals surface area (Å²) in [6.45, 7) is 8.07. The van der Waals surface area contributed by atoms with Gasteiger partial charge in [-0.3, -0.25) is 0 Å². The van der Waals surface area contributed by atoms with Gasteiger partial charge in [0.2, 0.25) is 0 Å². The van der Waals surface area contributed by atoms with E-state index in [4.69, 9.17) is 9.15 Å². The molecule has 0 bridgehead atoms. The lowest BCUT2D eigenvalue weighted by Gasteiger charge is -2.05. The number of nitrogens with zero attached hydrogens (tertiary/aromatic N) is 1. The van der Waals surface area contributed by atoms with Crippen LogP contribution in [0.25, 0.3) is 10.6 Å². The minimum atomic E-state index is -0.384. The van der Waals surface area contributed by atoms with E-state index in [-0.39, 0.29) is 12.6 Å². The Morgan fingerprint density at radius 1 is 1.24 bits per heavy atom. The minimum absolute atomic E-state index is 0.156. The van der Waals surface area contributed by atoms with Crippen molar-refractivity contribution in [1.82, 2.24) is 4.98 Å². The van der Waals surface area contributed by atoms with Crippen molar-refractivity contribution in [2.24, 2.45) is 0 Å². The van der Waals surface area contributed by atoms with Crippen molar-refractivity contribution >= 4 is 17.3 Å². The molecule has 0 amide bonds. The normalized spacial score (nSPS) is 11.1. The van der Waals surface area contributed by atoms with Crippen LogP contribution in [0.1, 0.15) is 52.9 Å². The Labute approximate surface area is 151 Å². The number of hydrogen-bond acceptors (Lipinski definition) is 5. The SMILES string of the molecule is Cc1cc(C(=O)OCc2csc(-c3ccc(C(C)C)cc3)n2)c(C)o1. The van der Waals surface area contributed by atoms with Crippen molar-refractivity contribution in [3.63, 3.8) is 0 Å². The summed E-state index contributed by atoms with van der Waals surface area (Å²) in [5.74, 6) is 1.40. The Bertz CT molecular complexity index is 875. The molecule has 2 aromatic heterocycles. The van der Waals surface area contributed by atoms with Gasteiger partial charge in [0.1, 0.15) is 28.7 Å². The summed E-state index contributed by atoms with van der Waals surface area (Å²) in [4.78, 5) is 16.7. The molecule has 130 valence electrons. The standard InChI is InChI=1S/C20H21NO3S/c1-12(2)15-5-7-16(8-6-15)19-21-17(11-25-19)10-23-20(22)18-9-13(3)24-14(18)4/h5-9,11-12H,10H2,1-4H3. The number of rotatable bonds is 5. The summed E-state index contributed by atoms with van der Waals surface area (Å²) < 4.78 is 10.7. The highest BCUT2D eigenvalue weighted by Crippen LogP contribution is 2.26. The van der Waals surface area contributed by atoms with Gasteiger partial charge in [0.25, 0.3) is 0 Å². The van der Waals surface area contributed by atoms with E-state index in [1.165, 1.54) is 5.56 Å². The number of esters is 1.